The van der Waals surface area contributed by atoms with Crippen LogP contribution in [0.25, 0.3) is 16.6 Å². The highest BCUT2D eigenvalue weighted by Gasteiger charge is 2.20. The number of fused-ring (bicyclic) bond motifs is 1. The second kappa shape index (κ2) is 7.79. The summed E-state index contributed by atoms with van der Waals surface area (Å²) >= 11 is 0. The molecule has 30 heavy (non-hydrogen) atoms. The van der Waals surface area contributed by atoms with Gasteiger partial charge in [-0.25, -0.2) is 4.68 Å². The number of pyridine rings is 1. The molecule has 3 heterocycles. The molecule has 4 N–H and O–H groups in total. The van der Waals surface area contributed by atoms with Gasteiger partial charge in [-0.15, -0.1) is 10.7 Å². The average Bonchev–Trinajstić information content (AvgIpc) is 3.31. The Morgan fingerprint density at radius 1 is 1.23 bits per heavy atom. The molecule has 0 aliphatic carbocycles. The van der Waals surface area contributed by atoms with Crippen LogP contribution in [-0.2, 0) is 0 Å². The van der Waals surface area contributed by atoms with Crippen molar-refractivity contribution in [2.45, 2.75) is 20.8 Å². The van der Waals surface area contributed by atoms with E-state index in [4.69, 9.17) is 5.73 Å². The van der Waals surface area contributed by atoms with Crippen LogP contribution in [0.2, 0.25) is 0 Å². The molecular weight excluding hydrogens is 396 g/mol. The molecule has 154 valence electrons. The van der Waals surface area contributed by atoms with Crippen LogP contribution in [0.1, 0.15) is 34.1 Å². The molecule has 0 saturated heterocycles. The highest BCUT2D eigenvalue weighted by Crippen LogP contribution is 2.28. The van der Waals surface area contributed by atoms with Gasteiger partial charge < -0.3 is 15.4 Å². The van der Waals surface area contributed by atoms with Crippen molar-refractivity contribution < 1.29 is 4.79 Å². The van der Waals surface area contributed by atoms with Gasteiger partial charge in [0.25, 0.3) is 0 Å². The van der Waals surface area contributed by atoms with E-state index in [0.29, 0.717) is 17.1 Å². The maximum absolute atomic E-state index is 13.2. The summed E-state index contributed by atoms with van der Waals surface area (Å²) in [6.07, 6.45) is 7.02. The molecule has 3 aromatic heterocycles. The van der Waals surface area contributed by atoms with Gasteiger partial charge in [-0.2, -0.15) is 5.10 Å². The quantitative estimate of drug-likeness (QED) is 0.331. The van der Waals surface area contributed by atoms with Crippen LogP contribution in [0, 0.1) is 13.8 Å². The van der Waals surface area contributed by atoms with Gasteiger partial charge in [0.15, 0.2) is 0 Å². The number of H-pyrrole nitrogens is 1. The summed E-state index contributed by atoms with van der Waals surface area (Å²) in [5, 5.41) is 7.42. The summed E-state index contributed by atoms with van der Waals surface area (Å²) < 4.78 is 5.04. The molecule has 7 nitrogen and oxygen atoms in total. The number of nitrogens with zero attached hydrogens (tertiary/aromatic N) is 3. The predicted molar refractivity (Wildman–Crippen MR) is 126 cm³/mol. The van der Waals surface area contributed by atoms with Crippen molar-refractivity contribution in [3.63, 3.8) is 0 Å². The van der Waals surface area contributed by atoms with E-state index >= 15 is 0 Å². The Bertz CT molecular complexity index is 1300. The lowest BCUT2D eigenvalue weighted by Gasteiger charge is -2.10. The molecule has 0 radical (unpaired) electrons. The zero-order valence-electron chi connectivity index (χ0n) is 17.4. The molecule has 4 rings (SSSR count). The van der Waals surface area contributed by atoms with Crippen molar-refractivity contribution >= 4 is 44.2 Å². The Morgan fingerprint density at radius 3 is 2.77 bits per heavy atom. The molecule has 4 aromatic rings. The van der Waals surface area contributed by atoms with Crippen LogP contribution >= 0.6 is 10.7 Å². The first-order valence-corrected chi connectivity index (χ1v) is 11.2. The lowest BCUT2D eigenvalue weighted by molar-refractivity contribution is 0.103. The summed E-state index contributed by atoms with van der Waals surface area (Å²) in [6, 6.07) is 7.85. The fraction of sp³-hybridized carbons (Fsp3) is 0.182. The number of carbonyl (C=O) groups is 1. The summed E-state index contributed by atoms with van der Waals surface area (Å²) in [5.41, 5.74) is 11.9. The topological polar surface area (TPSA) is 102 Å². The molecule has 8 heteroatoms. The molecule has 0 amide bonds. The Hall–Kier alpha value is -3.39. The molecule has 0 saturated carbocycles. The van der Waals surface area contributed by atoms with Crippen molar-refractivity contribution in [3.8, 4) is 5.69 Å². The zero-order valence-corrected chi connectivity index (χ0v) is 18.2. The van der Waals surface area contributed by atoms with Crippen LogP contribution < -0.4 is 10.5 Å². The SMILES string of the molecule is C/C=S(/C)Nc1cc2[nH]c(C(=O)c3cnn(-c4cnccc4C)c3N)cc2cc1C. The van der Waals surface area contributed by atoms with E-state index in [9.17, 15) is 4.79 Å². The number of nitrogens with one attached hydrogen (secondary N) is 2. The Labute approximate surface area is 177 Å². The predicted octanol–water partition coefficient (Wildman–Crippen LogP) is 4.23. The number of aromatic nitrogens is 4. The van der Waals surface area contributed by atoms with Crippen LogP contribution in [0.4, 0.5) is 11.5 Å². The van der Waals surface area contributed by atoms with Gasteiger partial charge in [0.05, 0.1) is 29.3 Å². The Morgan fingerprint density at radius 2 is 2.03 bits per heavy atom. The Balaban J connectivity index is 1.71. The van der Waals surface area contributed by atoms with Gasteiger partial charge in [0.1, 0.15) is 5.82 Å². The van der Waals surface area contributed by atoms with Gasteiger partial charge in [-0.1, -0.05) is 0 Å². The number of hydrogen-bond donors (Lipinski definition) is 3. The van der Waals surface area contributed by atoms with Gasteiger partial charge in [0.2, 0.25) is 5.78 Å². The van der Waals surface area contributed by atoms with E-state index in [2.05, 4.69) is 44.4 Å². The van der Waals surface area contributed by atoms with Crippen LogP contribution in [0.15, 0.2) is 42.9 Å². The lowest BCUT2D eigenvalue weighted by atomic mass is 10.1. The zero-order chi connectivity index (χ0) is 21.4. The molecule has 0 bridgehead atoms. The van der Waals surface area contributed by atoms with Gasteiger partial charge in [-0.3, -0.25) is 9.78 Å². The second-order valence-corrected chi connectivity index (χ2v) is 8.97. The molecule has 0 spiro atoms. The fourth-order valence-electron chi connectivity index (χ4n) is 3.31. The normalized spacial score (nSPS) is 12.4. The first-order valence-electron chi connectivity index (χ1n) is 9.52. The van der Waals surface area contributed by atoms with Crippen molar-refractivity contribution in [3.05, 3.63) is 65.2 Å². The van der Waals surface area contributed by atoms with E-state index < -0.39 is 0 Å². The largest absolute Gasteiger partial charge is 0.383 e. The van der Waals surface area contributed by atoms with Crippen molar-refractivity contribution in [2.75, 3.05) is 16.7 Å². The van der Waals surface area contributed by atoms with Crippen molar-refractivity contribution in [1.29, 1.82) is 0 Å². The number of aryl methyl sites for hydroxylation is 2. The minimum absolute atomic E-state index is 0.0219. The first kappa shape index (κ1) is 19.9. The Kier molecular flexibility index (Phi) is 5.17. The van der Waals surface area contributed by atoms with Crippen LogP contribution in [0.3, 0.4) is 0 Å². The highest BCUT2D eigenvalue weighted by atomic mass is 32.2. The number of anilines is 2. The third kappa shape index (κ3) is 3.50. The van der Waals surface area contributed by atoms with Crippen molar-refractivity contribution in [2.24, 2.45) is 0 Å². The average molecular weight is 421 g/mol. The minimum atomic E-state index is -0.194. The number of nitrogens with two attached hydrogens (primary N) is 1. The molecule has 0 aliphatic rings. The summed E-state index contributed by atoms with van der Waals surface area (Å²) in [7, 11) is -0.0219. The summed E-state index contributed by atoms with van der Waals surface area (Å²) in [4.78, 5) is 20.5. The third-order valence-corrected chi connectivity index (χ3v) is 6.37. The number of benzene rings is 1. The van der Waals surface area contributed by atoms with E-state index in [0.717, 1.165) is 33.4 Å². The summed E-state index contributed by atoms with van der Waals surface area (Å²) in [5.74, 6) is 0.0996. The molecule has 1 unspecified atom stereocenters. The number of rotatable bonds is 5. The summed E-state index contributed by atoms with van der Waals surface area (Å²) in [6.45, 7) is 6.04. The number of carbonyl (C=O) groups excluding carboxylic acids is 1. The minimum Gasteiger partial charge on any atom is -0.383 e. The van der Waals surface area contributed by atoms with E-state index in [1.807, 2.05) is 32.0 Å². The number of hydrogen-bond acceptors (Lipinski definition) is 5. The number of nitrogen functional groups attached to an aromatic ring is 1. The fourth-order valence-corrected chi connectivity index (χ4v) is 3.99. The van der Waals surface area contributed by atoms with E-state index in [1.54, 1.807) is 17.1 Å². The molecule has 0 aliphatic heterocycles. The molecule has 1 atom stereocenters. The number of aromatic amines is 1. The van der Waals surface area contributed by atoms with Crippen LogP contribution in [0.5, 0.6) is 0 Å². The maximum Gasteiger partial charge on any atom is 0.214 e. The molecule has 1 aromatic carbocycles. The third-order valence-electron chi connectivity index (χ3n) is 5.13. The first-order chi connectivity index (χ1) is 14.4. The van der Waals surface area contributed by atoms with E-state index in [-0.39, 0.29) is 16.5 Å². The maximum atomic E-state index is 13.2. The second-order valence-electron chi connectivity index (χ2n) is 7.18. The smallest absolute Gasteiger partial charge is 0.214 e. The molecule has 0 fully saturated rings. The highest BCUT2D eigenvalue weighted by molar-refractivity contribution is 8.15. The van der Waals surface area contributed by atoms with Gasteiger partial charge >= 0.3 is 0 Å². The number of ketones is 1. The van der Waals surface area contributed by atoms with Gasteiger partial charge in [-0.05, 0) is 67.8 Å². The van der Waals surface area contributed by atoms with E-state index in [1.165, 1.54) is 6.20 Å². The van der Waals surface area contributed by atoms with Gasteiger partial charge in [0, 0.05) is 22.8 Å². The molecular formula is C22H24N6OS. The monoisotopic (exact) mass is 420 g/mol. The standard InChI is InChI=1S/C22H24N6OS/c1-5-30(4)27-17-10-18-15(8-14(17)3)9-19(26-18)21(29)16-11-25-28(22(16)23)20-12-24-7-6-13(20)2/h5-12,26-27H,23H2,1-4H3. The lowest BCUT2D eigenvalue weighted by Crippen LogP contribution is -2.08. The van der Waals surface area contributed by atoms with Crippen molar-refractivity contribution in [1.82, 2.24) is 19.7 Å². The van der Waals surface area contributed by atoms with Crippen LogP contribution in [-0.4, -0.2) is 37.2 Å².